The van der Waals surface area contributed by atoms with Crippen molar-refractivity contribution in [1.29, 1.82) is 0 Å². The molecule has 2 fully saturated rings. The van der Waals surface area contributed by atoms with Gasteiger partial charge in [0.2, 0.25) is 0 Å². The molecule has 0 spiro atoms. The predicted molar refractivity (Wildman–Crippen MR) is 319 cm³/mol. The highest BCUT2D eigenvalue weighted by atomic mass is 127. The second kappa shape index (κ2) is 26.3. The summed E-state index contributed by atoms with van der Waals surface area (Å²) < 4.78 is 55.0. The van der Waals surface area contributed by atoms with Gasteiger partial charge in [-0.25, -0.2) is 8.78 Å². The lowest BCUT2D eigenvalue weighted by molar-refractivity contribution is -0.176. The Morgan fingerprint density at radius 2 is 0.756 bits per heavy atom. The van der Waals surface area contributed by atoms with Crippen LogP contribution in [0.4, 0.5) is 8.78 Å². The van der Waals surface area contributed by atoms with Gasteiger partial charge in [0.15, 0.2) is 0 Å². The van der Waals surface area contributed by atoms with E-state index in [-0.39, 0.29) is 36.3 Å². The molecule has 16 heteroatoms. The lowest BCUT2D eigenvalue weighted by Crippen LogP contribution is -2.51. The van der Waals surface area contributed by atoms with Crippen LogP contribution in [0.5, 0.6) is 11.5 Å². The molecule has 400 valence electrons. The first-order chi connectivity index (χ1) is 37.6. The molecule has 10 rings (SSSR count). The van der Waals surface area contributed by atoms with Crippen LogP contribution >= 0.6 is 91.6 Å². The molecule has 0 radical (unpaired) electrons. The summed E-state index contributed by atoms with van der Waals surface area (Å²) in [7, 11) is 3.23. The summed E-state index contributed by atoms with van der Waals surface area (Å²) in [6, 6.07) is 54.0. The Balaban J connectivity index is 0.000000190. The molecule has 0 saturated carbocycles. The average molecular weight is 1350 g/mol. The number of amides is 2. The third-order valence-electron chi connectivity index (χ3n) is 13.7. The highest BCUT2D eigenvalue weighted by Gasteiger charge is 2.46. The van der Waals surface area contributed by atoms with Gasteiger partial charge in [0.25, 0.3) is 11.8 Å². The third-order valence-corrected chi connectivity index (χ3v) is 16.0. The molecule has 2 heterocycles. The van der Waals surface area contributed by atoms with E-state index in [2.05, 4.69) is 45.2 Å². The molecule has 0 unspecified atom stereocenters. The van der Waals surface area contributed by atoms with Crippen LogP contribution < -0.4 is 9.47 Å². The standard InChI is InChI=1S/2C31H25Cl2FINO3/c2*1-38-26-14-2-19(3-15-26)18-36-29(20-4-9-23(32)10-5-20)30(21-6-11-24(33)12-7-21)39-28(31(36)37)16-22-8-13-25(35)17-27(22)34/h2*2-15,17,28-30H,16,18H2,1H3/t2*28-,29+,30-/m10/s1. The van der Waals surface area contributed by atoms with Gasteiger partial charge in [-0.3, -0.25) is 9.59 Å². The van der Waals surface area contributed by atoms with E-state index in [0.29, 0.717) is 44.3 Å². The van der Waals surface area contributed by atoms with Crippen LogP contribution in [-0.4, -0.2) is 48.0 Å². The zero-order valence-electron chi connectivity index (χ0n) is 42.0. The van der Waals surface area contributed by atoms with Crippen molar-refractivity contribution in [2.45, 2.75) is 62.4 Å². The number of nitrogens with zero attached hydrogens (tertiary/aromatic N) is 2. The lowest BCUT2D eigenvalue weighted by Gasteiger charge is -2.45. The summed E-state index contributed by atoms with van der Waals surface area (Å²) >= 11 is 29.0. The van der Waals surface area contributed by atoms with Gasteiger partial charge in [-0.05, 0) is 187 Å². The molecule has 0 N–H and O–H groups in total. The predicted octanol–water partition coefficient (Wildman–Crippen LogP) is 16.4. The van der Waals surface area contributed by atoms with Crippen LogP contribution in [0, 0.1) is 18.8 Å². The summed E-state index contributed by atoms with van der Waals surface area (Å²) in [4.78, 5) is 31.9. The summed E-state index contributed by atoms with van der Waals surface area (Å²) in [5.41, 5.74) is 6.19. The first-order valence-electron chi connectivity index (χ1n) is 24.7. The Bertz CT molecular complexity index is 3120. The largest absolute Gasteiger partial charge is 0.497 e. The Morgan fingerprint density at radius 1 is 0.449 bits per heavy atom. The van der Waals surface area contributed by atoms with E-state index < -0.39 is 36.5 Å². The van der Waals surface area contributed by atoms with Gasteiger partial charge in [0.1, 0.15) is 47.5 Å². The van der Waals surface area contributed by atoms with E-state index in [1.807, 2.05) is 119 Å². The maximum absolute atomic E-state index is 14.9. The highest BCUT2D eigenvalue weighted by molar-refractivity contribution is 14.1. The average Bonchev–Trinajstić information content (AvgIpc) is 3.53. The van der Waals surface area contributed by atoms with Crippen LogP contribution in [0.3, 0.4) is 0 Å². The maximum Gasteiger partial charge on any atom is 0.253 e. The van der Waals surface area contributed by atoms with Crippen LogP contribution in [0.25, 0.3) is 0 Å². The van der Waals surface area contributed by atoms with E-state index >= 15 is 0 Å². The van der Waals surface area contributed by atoms with Gasteiger partial charge < -0.3 is 28.7 Å². The van der Waals surface area contributed by atoms with Crippen LogP contribution in [-0.2, 0) is 45.0 Å². The monoisotopic (exact) mass is 1350 g/mol. The highest BCUT2D eigenvalue weighted by Crippen LogP contribution is 2.46. The summed E-state index contributed by atoms with van der Waals surface area (Å²) in [6.45, 7) is 0.657. The van der Waals surface area contributed by atoms with Gasteiger partial charge >= 0.3 is 0 Å². The quantitative estimate of drug-likeness (QED) is 0.101. The normalized spacial score (nSPS) is 19.3. The second-order valence-corrected chi connectivity index (χ2v) is 22.9. The van der Waals surface area contributed by atoms with Gasteiger partial charge in [-0.2, -0.15) is 0 Å². The van der Waals surface area contributed by atoms with Crippen molar-refractivity contribution in [2.24, 2.45) is 0 Å². The van der Waals surface area contributed by atoms with Crippen molar-refractivity contribution in [2.75, 3.05) is 14.2 Å². The van der Waals surface area contributed by atoms with E-state index in [9.17, 15) is 18.4 Å². The number of halogens is 8. The molecule has 8 aromatic carbocycles. The summed E-state index contributed by atoms with van der Waals surface area (Å²) in [5.74, 6) is 0.313. The smallest absolute Gasteiger partial charge is 0.253 e. The topological polar surface area (TPSA) is 77.5 Å². The van der Waals surface area contributed by atoms with Crippen molar-refractivity contribution < 1.29 is 37.3 Å². The first-order valence-corrected chi connectivity index (χ1v) is 28.4. The second-order valence-electron chi connectivity index (χ2n) is 18.7. The molecule has 2 saturated heterocycles. The SMILES string of the molecule is COc1ccc(CN2C(=O)[C@@H](Cc3ccc(I)cc3F)O[C@H](c3ccc(Cl)cc3)[C@@H]2c2ccc(Cl)cc2)cc1.COc1ccc(CN2C(=O)[C@H](Cc3ccc(I)cc3F)O[C@@H](c3ccc(Cl)cc3)[C@H]2c2ccc(Cl)cc2)cc1. The van der Waals surface area contributed by atoms with Gasteiger partial charge in [0.05, 0.1) is 26.3 Å². The molecule has 0 bridgehead atoms. The fraction of sp³-hybridized carbons (Fsp3) is 0.194. The fourth-order valence-corrected chi connectivity index (χ4v) is 11.1. The van der Waals surface area contributed by atoms with E-state index in [0.717, 1.165) is 52.0 Å². The molecule has 78 heavy (non-hydrogen) atoms. The Labute approximate surface area is 499 Å². The first kappa shape index (κ1) is 57.4. The molecular weight excluding hydrogens is 1300 g/mol. The maximum atomic E-state index is 14.9. The number of ether oxygens (including phenoxy) is 4. The van der Waals surface area contributed by atoms with Gasteiger partial charge in [0, 0.05) is 53.2 Å². The number of carbonyl (C=O) groups is 2. The van der Waals surface area contributed by atoms with Crippen molar-refractivity contribution in [3.8, 4) is 11.5 Å². The van der Waals surface area contributed by atoms with Crippen molar-refractivity contribution >= 4 is 103 Å². The molecule has 0 aliphatic carbocycles. The molecule has 8 aromatic rings. The number of hydrogen-bond donors (Lipinski definition) is 0. The molecule has 2 amide bonds. The molecule has 2 aliphatic heterocycles. The van der Waals surface area contributed by atoms with Crippen molar-refractivity contribution in [3.05, 3.63) is 265 Å². The van der Waals surface area contributed by atoms with Crippen LogP contribution in [0.2, 0.25) is 20.1 Å². The van der Waals surface area contributed by atoms with Gasteiger partial charge in [-0.1, -0.05) is 131 Å². The number of hydrogen-bond acceptors (Lipinski definition) is 6. The fourth-order valence-electron chi connectivity index (χ4n) is 9.70. The van der Waals surface area contributed by atoms with E-state index in [1.54, 1.807) is 74.9 Å². The minimum absolute atomic E-state index is 0.109. The van der Waals surface area contributed by atoms with Gasteiger partial charge in [-0.15, -0.1) is 0 Å². The molecule has 6 atom stereocenters. The van der Waals surface area contributed by atoms with Crippen LogP contribution in [0.1, 0.15) is 68.8 Å². The number of carbonyl (C=O) groups excluding carboxylic acids is 2. The number of rotatable bonds is 14. The molecule has 8 nitrogen and oxygen atoms in total. The van der Waals surface area contributed by atoms with Crippen LogP contribution in [0.15, 0.2) is 182 Å². The minimum atomic E-state index is -0.887. The zero-order chi connectivity index (χ0) is 55.0. The molecular formula is C62H50Cl4F2I2N2O6. The minimum Gasteiger partial charge on any atom is -0.497 e. The number of methoxy groups -OCH3 is 2. The zero-order valence-corrected chi connectivity index (χ0v) is 49.3. The Hall–Kier alpha value is -5.30. The van der Waals surface area contributed by atoms with Crippen molar-refractivity contribution in [3.63, 3.8) is 0 Å². The number of morpholine rings is 2. The van der Waals surface area contributed by atoms with E-state index in [1.165, 1.54) is 12.1 Å². The lowest BCUT2D eigenvalue weighted by atomic mass is 9.90. The summed E-state index contributed by atoms with van der Waals surface area (Å²) in [6.07, 6.45) is -2.62. The summed E-state index contributed by atoms with van der Waals surface area (Å²) in [5, 5.41) is 2.39. The molecule has 0 aromatic heterocycles. The third kappa shape index (κ3) is 14.0. The molecule has 2 aliphatic rings. The number of benzene rings is 8. The van der Waals surface area contributed by atoms with E-state index in [4.69, 9.17) is 65.4 Å². The Morgan fingerprint density at radius 3 is 1.05 bits per heavy atom. The Kier molecular flexibility index (Phi) is 19.4. The van der Waals surface area contributed by atoms with Crippen molar-refractivity contribution in [1.82, 2.24) is 9.80 Å².